The van der Waals surface area contributed by atoms with Crippen LogP contribution in [0.5, 0.6) is 0 Å². The second-order valence-corrected chi connectivity index (χ2v) is 7.99. The third-order valence-electron chi connectivity index (χ3n) is 5.27. The van der Waals surface area contributed by atoms with Crippen molar-refractivity contribution < 1.29 is 9.53 Å². The molecule has 2 atom stereocenters. The predicted octanol–water partition coefficient (Wildman–Crippen LogP) is 2.37. The molecule has 10 nitrogen and oxygen atoms in total. The summed E-state index contributed by atoms with van der Waals surface area (Å²) in [6, 6.07) is 13.5. The van der Waals surface area contributed by atoms with Crippen LogP contribution in [0.25, 0.3) is 17.0 Å². The van der Waals surface area contributed by atoms with Crippen LogP contribution in [0.1, 0.15) is 13.8 Å². The number of hydrogen-bond donors (Lipinski definition) is 1. The van der Waals surface area contributed by atoms with Gasteiger partial charge < -0.3 is 15.0 Å². The molecular formula is C22H24N8O2. The first kappa shape index (κ1) is 20.1. The second-order valence-electron chi connectivity index (χ2n) is 7.99. The average Bonchev–Trinajstić information content (AvgIpc) is 3.40. The molecule has 4 aromatic rings. The van der Waals surface area contributed by atoms with Crippen LogP contribution in [0.3, 0.4) is 0 Å². The first-order chi connectivity index (χ1) is 15.5. The Hall–Kier alpha value is -3.79. The van der Waals surface area contributed by atoms with Crippen molar-refractivity contribution in [2.45, 2.75) is 32.6 Å². The zero-order valence-electron chi connectivity index (χ0n) is 17.9. The van der Waals surface area contributed by atoms with Crippen molar-refractivity contribution in [1.82, 2.24) is 34.5 Å². The molecule has 0 bridgehead atoms. The summed E-state index contributed by atoms with van der Waals surface area (Å²) in [5.74, 6) is 1.31. The van der Waals surface area contributed by atoms with Gasteiger partial charge in [-0.05, 0) is 26.0 Å². The lowest BCUT2D eigenvalue weighted by Crippen LogP contribution is -2.49. The molecule has 0 radical (unpaired) electrons. The zero-order chi connectivity index (χ0) is 22.1. The molecule has 1 aromatic carbocycles. The van der Waals surface area contributed by atoms with Gasteiger partial charge in [-0.25, -0.2) is 0 Å². The van der Waals surface area contributed by atoms with Crippen molar-refractivity contribution >= 4 is 23.1 Å². The molecule has 5 rings (SSSR count). The van der Waals surface area contributed by atoms with E-state index in [9.17, 15) is 4.79 Å². The largest absolute Gasteiger partial charge is 0.372 e. The molecule has 0 spiro atoms. The normalized spacial score (nSPS) is 18.8. The van der Waals surface area contributed by atoms with Gasteiger partial charge in [-0.3, -0.25) is 9.48 Å². The Morgan fingerprint density at radius 2 is 1.88 bits per heavy atom. The lowest BCUT2D eigenvalue weighted by molar-refractivity contribution is -0.144. The molecule has 32 heavy (non-hydrogen) atoms. The maximum Gasteiger partial charge on any atom is 0.244 e. The third-order valence-corrected chi connectivity index (χ3v) is 5.27. The predicted molar refractivity (Wildman–Crippen MR) is 118 cm³/mol. The van der Waals surface area contributed by atoms with Crippen LogP contribution in [0, 0.1) is 0 Å². The number of morpholine rings is 1. The Kier molecular flexibility index (Phi) is 5.28. The van der Waals surface area contributed by atoms with Crippen LogP contribution in [0.4, 0.5) is 11.5 Å². The zero-order valence-corrected chi connectivity index (χ0v) is 17.9. The number of amides is 1. The fourth-order valence-electron chi connectivity index (χ4n) is 3.91. The highest BCUT2D eigenvalue weighted by atomic mass is 16.5. The smallest absolute Gasteiger partial charge is 0.244 e. The number of hydrogen-bond acceptors (Lipinski definition) is 7. The van der Waals surface area contributed by atoms with E-state index in [1.54, 1.807) is 21.6 Å². The van der Waals surface area contributed by atoms with Crippen molar-refractivity contribution in [3.05, 3.63) is 54.9 Å². The van der Waals surface area contributed by atoms with Crippen molar-refractivity contribution in [3.8, 4) is 11.4 Å². The van der Waals surface area contributed by atoms with Gasteiger partial charge in [0.15, 0.2) is 17.3 Å². The van der Waals surface area contributed by atoms with Gasteiger partial charge in [0.05, 0.1) is 24.1 Å². The van der Waals surface area contributed by atoms with E-state index in [4.69, 9.17) is 4.74 Å². The number of rotatable bonds is 5. The van der Waals surface area contributed by atoms with Crippen LogP contribution in [0.15, 0.2) is 54.9 Å². The average molecular weight is 432 g/mol. The summed E-state index contributed by atoms with van der Waals surface area (Å²) in [4.78, 5) is 14.5. The number of nitrogens with zero attached hydrogens (tertiary/aromatic N) is 7. The Morgan fingerprint density at radius 1 is 1.09 bits per heavy atom. The number of carbonyl (C=O) groups excluding carboxylic acids is 1. The minimum absolute atomic E-state index is 0.0261. The van der Waals surface area contributed by atoms with Crippen molar-refractivity contribution in [2.24, 2.45) is 0 Å². The lowest BCUT2D eigenvalue weighted by atomic mass is 10.2. The number of ether oxygens (including phenoxy) is 1. The van der Waals surface area contributed by atoms with Crippen LogP contribution in [-0.2, 0) is 16.1 Å². The summed E-state index contributed by atoms with van der Waals surface area (Å²) in [5, 5.41) is 20.6. The number of anilines is 2. The second kappa shape index (κ2) is 8.39. The first-order valence-corrected chi connectivity index (χ1v) is 10.6. The molecule has 1 fully saturated rings. The molecule has 10 heteroatoms. The Balaban J connectivity index is 1.30. The van der Waals surface area contributed by atoms with E-state index in [2.05, 4.69) is 25.7 Å². The van der Waals surface area contributed by atoms with E-state index >= 15 is 0 Å². The van der Waals surface area contributed by atoms with E-state index in [0.29, 0.717) is 30.4 Å². The lowest BCUT2D eigenvalue weighted by Gasteiger charge is -2.35. The summed E-state index contributed by atoms with van der Waals surface area (Å²) in [6.07, 6.45) is 3.55. The van der Waals surface area contributed by atoms with E-state index in [1.807, 2.05) is 61.2 Å². The van der Waals surface area contributed by atoms with Crippen LogP contribution in [0.2, 0.25) is 0 Å². The Bertz CT molecular complexity index is 1230. The highest BCUT2D eigenvalue weighted by molar-refractivity contribution is 5.76. The number of fused-ring (bicyclic) bond motifs is 1. The molecule has 1 aliphatic heterocycles. The fourth-order valence-corrected chi connectivity index (χ4v) is 3.91. The number of benzene rings is 1. The van der Waals surface area contributed by atoms with Crippen LogP contribution < -0.4 is 5.32 Å². The highest BCUT2D eigenvalue weighted by Crippen LogP contribution is 2.20. The van der Waals surface area contributed by atoms with Gasteiger partial charge in [-0.15, -0.1) is 15.3 Å². The van der Waals surface area contributed by atoms with E-state index in [0.717, 1.165) is 11.3 Å². The summed E-state index contributed by atoms with van der Waals surface area (Å²) in [7, 11) is 0. The SMILES string of the molecule is CC1CN(C(=O)Cn2cc(Nc3ccc4nnc(-c5ccccc5)n4n3)cn2)CC(C)O1. The molecule has 1 N–H and O–H groups in total. The monoisotopic (exact) mass is 432 g/mol. The quantitative estimate of drug-likeness (QED) is 0.516. The topological polar surface area (TPSA) is 102 Å². The fraction of sp³-hybridized carbons (Fsp3) is 0.318. The molecule has 1 aliphatic rings. The maximum atomic E-state index is 12.7. The van der Waals surface area contributed by atoms with Gasteiger partial charge >= 0.3 is 0 Å². The molecule has 1 amide bonds. The summed E-state index contributed by atoms with van der Waals surface area (Å²) < 4.78 is 9.03. The molecule has 4 heterocycles. The number of carbonyl (C=O) groups is 1. The molecule has 3 aromatic heterocycles. The molecule has 164 valence electrons. The van der Waals surface area contributed by atoms with Gasteiger partial charge in [-0.1, -0.05) is 30.3 Å². The van der Waals surface area contributed by atoms with Gasteiger partial charge in [0.2, 0.25) is 5.91 Å². The van der Waals surface area contributed by atoms with Gasteiger partial charge in [0.1, 0.15) is 6.54 Å². The molecule has 0 aliphatic carbocycles. The number of nitrogens with one attached hydrogen (secondary N) is 1. The molecule has 1 saturated heterocycles. The molecule has 2 unspecified atom stereocenters. The van der Waals surface area contributed by atoms with E-state index < -0.39 is 0 Å². The van der Waals surface area contributed by atoms with E-state index in [1.165, 1.54) is 0 Å². The first-order valence-electron chi connectivity index (χ1n) is 10.6. The van der Waals surface area contributed by atoms with Crippen molar-refractivity contribution in [2.75, 3.05) is 18.4 Å². The minimum atomic E-state index is 0.0261. The van der Waals surface area contributed by atoms with Crippen molar-refractivity contribution in [3.63, 3.8) is 0 Å². The maximum absolute atomic E-state index is 12.7. The van der Waals surface area contributed by atoms with Gasteiger partial charge in [0.25, 0.3) is 0 Å². The molecular weight excluding hydrogens is 408 g/mol. The van der Waals surface area contributed by atoms with Crippen LogP contribution in [-0.4, -0.2) is 65.7 Å². The minimum Gasteiger partial charge on any atom is -0.372 e. The van der Waals surface area contributed by atoms with Gasteiger partial charge in [0, 0.05) is 24.8 Å². The van der Waals surface area contributed by atoms with Crippen LogP contribution >= 0.6 is 0 Å². The standard InChI is InChI=1S/C22H24N8O2/c1-15-11-28(12-16(2)32-15)21(31)14-29-13-18(10-23-29)24-19-8-9-20-25-26-22(30(20)27-19)17-6-4-3-5-7-17/h3-10,13,15-16H,11-12,14H2,1-2H3,(H,24,27). The van der Waals surface area contributed by atoms with E-state index in [-0.39, 0.29) is 24.7 Å². The van der Waals surface area contributed by atoms with Crippen molar-refractivity contribution in [1.29, 1.82) is 0 Å². The summed E-state index contributed by atoms with van der Waals surface area (Å²) in [5.41, 5.74) is 2.33. The number of aromatic nitrogens is 6. The Labute approximate surface area is 184 Å². The highest BCUT2D eigenvalue weighted by Gasteiger charge is 2.26. The Morgan fingerprint density at radius 3 is 2.66 bits per heavy atom. The van der Waals surface area contributed by atoms with Gasteiger partial charge in [-0.2, -0.15) is 9.61 Å². The third kappa shape index (κ3) is 4.17. The molecule has 0 saturated carbocycles. The summed E-state index contributed by atoms with van der Waals surface area (Å²) >= 11 is 0. The summed E-state index contributed by atoms with van der Waals surface area (Å²) in [6.45, 7) is 5.34.